The Bertz CT molecular complexity index is 1280. The van der Waals surface area contributed by atoms with Gasteiger partial charge in [0.1, 0.15) is 24.1 Å². The molecule has 3 heterocycles. The van der Waals surface area contributed by atoms with Crippen molar-refractivity contribution in [3.8, 4) is 17.2 Å². The summed E-state index contributed by atoms with van der Waals surface area (Å²) in [5.74, 6) is 2.20. The van der Waals surface area contributed by atoms with E-state index < -0.39 is 0 Å². The quantitative estimate of drug-likeness (QED) is 0.495. The van der Waals surface area contributed by atoms with Crippen LogP contribution in [-0.4, -0.2) is 22.3 Å². The third kappa shape index (κ3) is 4.63. The fourth-order valence-electron chi connectivity index (χ4n) is 3.60. The Balaban J connectivity index is 1.42. The lowest BCUT2D eigenvalue weighted by Gasteiger charge is -2.25. The Hall–Kier alpha value is -4.53. The molecule has 0 amide bonds. The molecule has 34 heavy (non-hydrogen) atoms. The molecular weight excluding hydrogens is 434 g/mol. The molecule has 3 aromatic rings. The number of rotatable bonds is 8. The lowest BCUT2D eigenvalue weighted by Crippen LogP contribution is -2.24. The Kier molecular flexibility index (Phi) is 6.24. The largest absolute Gasteiger partial charge is 0.497 e. The van der Waals surface area contributed by atoms with E-state index in [0.29, 0.717) is 29.7 Å². The van der Waals surface area contributed by atoms with Gasteiger partial charge in [-0.3, -0.25) is 0 Å². The Morgan fingerprint density at radius 2 is 2.12 bits per heavy atom. The first-order valence-corrected chi connectivity index (χ1v) is 10.8. The van der Waals surface area contributed by atoms with Crippen LogP contribution in [0.15, 0.2) is 95.6 Å². The highest BCUT2D eigenvalue weighted by atomic mass is 16.5. The van der Waals surface area contributed by atoms with Crippen LogP contribution in [0.5, 0.6) is 5.75 Å². The van der Waals surface area contributed by atoms with E-state index in [1.54, 1.807) is 18.2 Å². The summed E-state index contributed by atoms with van der Waals surface area (Å²) in [7, 11) is 1.65. The van der Waals surface area contributed by atoms with Gasteiger partial charge in [0.05, 0.1) is 12.7 Å². The van der Waals surface area contributed by atoms with Crippen LogP contribution < -0.4 is 15.0 Å². The minimum atomic E-state index is 0.268. The zero-order valence-electron chi connectivity index (χ0n) is 18.5. The van der Waals surface area contributed by atoms with Crippen LogP contribution in [0.3, 0.4) is 0 Å². The molecule has 0 spiro atoms. The minimum Gasteiger partial charge on any atom is -0.497 e. The van der Waals surface area contributed by atoms with Gasteiger partial charge in [-0.1, -0.05) is 29.4 Å². The van der Waals surface area contributed by atoms with E-state index >= 15 is 0 Å². The van der Waals surface area contributed by atoms with Crippen molar-refractivity contribution in [2.45, 2.75) is 19.4 Å². The first-order chi connectivity index (χ1) is 16.8. The first kappa shape index (κ1) is 21.3. The zero-order chi connectivity index (χ0) is 23.2. The van der Waals surface area contributed by atoms with Crippen molar-refractivity contribution in [1.82, 2.24) is 15.2 Å². The molecule has 0 bridgehead atoms. The monoisotopic (exact) mass is 457 g/mol. The molecule has 0 radical (unpaired) electrons. The average molecular weight is 457 g/mol. The first-order valence-electron chi connectivity index (χ1n) is 10.8. The van der Waals surface area contributed by atoms with Gasteiger partial charge in [-0.15, -0.1) is 5.10 Å². The smallest absolute Gasteiger partial charge is 0.330 e. The maximum absolute atomic E-state index is 6.11. The molecule has 1 aliphatic heterocycles. The lowest BCUT2D eigenvalue weighted by molar-refractivity contribution is 0.247. The highest BCUT2D eigenvalue weighted by Gasteiger charge is 2.26. The fourth-order valence-corrected chi connectivity index (χ4v) is 3.60. The number of benzene rings is 1. The average Bonchev–Trinajstić information content (AvgIpc) is 3.39. The molecule has 0 atom stereocenters. The molecule has 1 aromatic carbocycles. The summed E-state index contributed by atoms with van der Waals surface area (Å²) in [6, 6.07) is 11.8. The number of allylic oxidation sites excluding steroid dienone is 4. The molecule has 1 N–H and O–H groups in total. The molecule has 0 saturated carbocycles. The maximum atomic E-state index is 6.11. The molecule has 9 heteroatoms. The van der Waals surface area contributed by atoms with Crippen molar-refractivity contribution in [3.05, 3.63) is 96.8 Å². The van der Waals surface area contributed by atoms with Crippen molar-refractivity contribution >= 4 is 11.8 Å². The summed E-state index contributed by atoms with van der Waals surface area (Å²) in [5.41, 5.74) is 2.70. The standard InChI is InChI=1S/C25H23N5O4/c1-31-20-10-5-7-18(15-20)16-27-23-21(11-6-12-26-23)24-28-29-25(34-24)30(19-8-3-2-4-9-19)22-17-32-13-14-33-22/h2-3,5-8,10-15,17H,4,9,16H2,1H3,(H,26,27). The molecular formula is C25H23N5O4. The van der Waals surface area contributed by atoms with Crippen molar-refractivity contribution in [1.29, 1.82) is 0 Å². The van der Waals surface area contributed by atoms with Gasteiger partial charge in [0.25, 0.3) is 5.89 Å². The van der Waals surface area contributed by atoms with Gasteiger partial charge in [0, 0.05) is 18.4 Å². The summed E-state index contributed by atoms with van der Waals surface area (Å²) in [4.78, 5) is 6.23. The van der Waals surface area contributed by atoms with Crippen LogP contribution in [0.1, 0.15) is 18.4 Å². The van der Waals surface area contributed by atoms with E-state index in [4.69, 9.17) is 18.6 Å². The van der Waals surface area contributed by atoms with Crippen molar-refractivity contribution in [2.24, 2.45) is 0 Å². The SMILES string of the molecule is COc1cccc(CNc2ncccc2-c2nnc(N(C3=CC=CCC3)C3=COC=CO3)o2)c1. The zero-order valence-corrected chi connectivity index (χ0v) is 18.5. The minimum absolute atomic E-state index is 0.268. The number of anilines is 2. The Labute approximate surface area is 196 Å². The molecule has 0 unspecified atom stereocenters. The lowest BCUT2D eigenvalue weighted by atomic mass is 10.1. The maximum Gasteiger partial charge on any atom is 0.330 e. The van der Waals surface area contributed by atoms with E-state index in [1.165, 1.54) is 18.8 Å². The normalized spacial score (nSPS) is 14.5. The fraction of sp³-hybridized carbons (Fsp3) is 0.160. The predicted octanol–water partition coefficient (Wildman–Crippen LogP) is 5.11. The van der Waals surface area contributed by atoms with Crippen LogP contribution in [0, 0.1) is 0 Å². The van der Waals surface area contributed by atoms with Gasteiger partial charge in [0.2, 0.25) is 5.88 Å². The number of nitrogens with one attached hydrogen (secondary N) is 1. The van der Waals surface area contributed by atoms with Crippen molar-refractivity contribution < 1.29 is 18.6 Å². The van der Waals surface area contributed by atoms with Crippen LogP contribution in [-0.2, 0) is 16.0 Å². The summed E-state index contributed by atoms with van der Waals surface area (Å²) in [6.45, 7) is 0.554. The second kappa shape index (κ2) is 9.95. The highest BCUT2D eigenvalue weighted by molar-refractivity contribution is 5.69. The number of methoxy groups -OCH3 is 1. The van der Waals surface area contributed by atoms with Gasteiger partial charge in [-0.05, 0) is 48.7 Å². The summed E-state index contributed by atoms with van der Waals surface area (Å²) in [5, 5.41) is 11.9. The molecule has 2 aromatic heterocycles. The van der Waals surface area contributed by atoms with E-state index in [0.717, 1.165) is 29.9 Å². The van der Waals surface area contributed by atoms with Crippen LogP contribution in [0.25, 0.3) is 11.5 Å². The van der Waals surface area contributed by atoms with Gasteiger partial charge in [-0.2, -0.15) is 0 Å². The number of ether oxygens (including phenoxy) is 3. The van der Waals surface area contributed by atoms with E-state index in [1.807, 2.05) is 48.6 Å². The number of nitrogens with zero attached hydrogens (tertiary/aromatic N) is 4. The number of pyridine rings is 1. The van der Waals surface area contributed by atoms with Crippen LogP contribution in [0.2, 0.25) is 0 Å². The second-order valence-corrected chi connectivity index (χ2v) is 7.44. The number of hydrogen-bond acceptors (Lipinski definition) is 9. The van der Waals surface area contributed by atoms with Crippen LogP contribution >= 0.6 is 0 Å². The van der Waals surface area contributed by atoms with E-state index in [9.17, 15) is 0 Å². The molecule has 5 rings (SSSR count). The molecule has 0 fully saturated rings. The summed E-state index contributed by atoms with van der Waals surface area (Å²) < 4.78 is 22.4. The van der Waals surface area contributed by atoms with Gasteiger partial charge in [-0.25, -0.2) is 9.88 Å². The van der Waals surface area contributed by atoms with Gasteiger partial charge in [0.15, 0.2) is 6.26 Å². The van der Waals surface area contributed by atoms with Gasteiger partial charge < -0.3 is 23.9 Å². The molecule has 172 valence electrons. The molecule has 9 nitrogen and oxygen atoms in total. The van der Waals surface area contributed by atoms with Crippen LogP contribution in [0.4, 0.5) is 11.8 Å². The van der Waals surface area contributed by atoms with E-state index in [-0.39, 0.29) is 6.01 Å². The highest BCUT2D eigenvalue weighted by Crippen LogP contribution is 2.33. The van der Waals surface area contributed by atoms with E-state index in [2.05, 4.69) is 26.6 Å². The summed E-state index contributed by atoms with van der Waals surface area (Å²) >= 11 is 0. The molecule has 1 aliphatic carbocycles. The van der Waals surface area contributed by atoms with Crippen molar-refractivity contribution in [2.75, 3.05) is 17.3 Å². The predicted molar refractivity (Wildman–Crippen MR) is 126 cm³/mol. The number of aromatic nitrogens is 3. The molecule has 0 saturated heterocycles. The topological polar surface area (TPSA) is 94.8 Å². The Morgan fingerprint density at radius 3 is 2.94 bits per heavy atom. The Morgan fingerprint density at radius 1 is 1.15 bits per heavy atom. The summed E-state index contributed by atoms with van der Waals surface area (Å²) in [6.07, 6.45) is 13.9. The third-order valence-electron chi connectivity index (χ3n) is 5.23. The third-order valence-corrected chi connectivity index (χ3v) is 5.23. The number of hydrogen-bond donors (Lipinski definition) is 1. The van der Waals surface area contributed by atoms with Gasteiger partial charge >= 0.3 is 6.01 Å². The molecule has 2 aliphatic rings. The second-order valence-electron chi connectivity index (χ2n) is 7.44. The van der Waals surface area contributed by atoms with Crippen molar-refractivity contribution in [3.63, 3.8) is 0 Å².